The van der Waals surface area contributed by atoms with Crippen molar-refractivity contribution in [2.45, 2.75) is 62.6 Å². The molecule has 228 valence electrons. The molecule has 0 aliphatic heterocycles. The van der Waals surface area contributed by atoms with Crippen LogP contribution in [0.1, 0.15) is 42.4 Å². The summed E-state index contributed by atoms with van der Waals surface area (Å²) in [6, 6.07) is 33.5. The van der Waals surface area contributed by atoms with Gasteiger partial charge >= 0.3 is 0 Å². The molecule has 0 aromatic heterocycles. The molecule has 1 aliphatic carbocycles. The fourth-order valence-electron chi connectivity index (χ4n) is 5.66. The van der Waals surface area contributed by atoms with E-state index in [4.69, 9.17) is 0 Å². The van der Waals surface area contributed by atoms with Gasteiger partial charge in [-0.25, -0.2) is 8.42 Å². The number of aryl methyl sites for hydroxylation is 1. The van der Waals surface area contributed by atoms with Crippen LogP contribution >= 0.6 is 0 Å². The number of benzene rings is 4. The Hall–Kier alpha value is -4.43. The van der Waals surface area contributed by atoms with Crippen molar-refractivity contribution in [3.8, 4) is 0 Å². The second-order valence-corrected chi connectivity index (χ2v) is 13.2. The Labute approximate surface area is 260 Å². The topological polar surface area (TPSA) is 86.8 Å². The summed E-state index contributed by atoms with van der Waals surface area (Å²) in [7, 11) is -4.11. The average Bonchev–Trinajstić information content (AvgIpc) is 3.56. The fraction of sp³-hybridized carbons (Fsp3) is 0.278. The number of hydrogen-bond acceptors (Lipinski definition) is 4. The first-order valence-electron chi connectivity index (χ1n) is 15.1. The summed E-state index contributed by atoms with van der Waals surface area (Å²) in [6.07, 6.45) is 4.24. The quantitative estimate of drug-likeness (QED) is 0.217. The Bertz CT molecular complexity index is 1620. The molecule has 7 nitrogen and oxygen atoms in total. The zero-order valence-corrected chi connectivity index (χ0v) is 25.8. The predicted octanol–water partition coefficient (Wildman–Crippen LogP) is 5.89. The lowest BCUT2D eigenvalue weighted by atomic mass is 10.0. The number of carbonyl (C=O) groups excluding carboxylic acids is 2. The summed E-state index contributed by atoms with van der Waals surface area (Å²) in [5.74, 6) is -0.686. The van der Waals surface area contributed by atoms with E-state index in [-0.39, 0.29) is 23.4 Å². The molecule has 1 atom stereocenters. The van der Waals surface area contributed by atoms with Gasteiger partial charge in [-0.2, -0.15) is 0 Å². The second kappa shape index (κ2) is 14.4. The molecule has 1 aliphatic rings. The smallest absolute Gasteiger partial charge is 0.264 e. The maximum atomic E-state index is 14.5. The predicted molar refractivity (Wildman–Crippen MR) is 173 cm³/mol. The third-order valence-corrected chi connectivity index (χ3v) is 9.89. The number of nitrogens with zero attached hydrogens (tertiary/aromatic N) is 2. The maximum Gasteiger partial charge on any atom is 0.264 e. The van der Waals surface area contributed by atoms with Crippen molar-refractivity contribution in [3.05, 3.63) is 132 Å². The highest BCUT2D eigenvalue weighted by molar-refractivity contribution is 7.92. The lowest BCUT2D eigenvalue weighted by molar-refractivity contribution is -0.140. The number of carbonyl (C=O) groups is 2. The number of rotatable bonds is 12. The Morgan fingerprint density at radius 1 is 0.773 bits per heavy atom. The summed E-state index contributed by atoms with van der Waals surface area (Å²) in [4.78, 5) is 30.1. The van der Waals surface area contributed by atoms with Crippen LogP contribution in [0.2, 0.25) is 0 Å². The van der Waals surface area contributed by atoms with Crippen LogP contribution in [0.5, 0.6) is 0 Å². The Balaban J connectivity index is 1.54. The van der Waals surface area contributed by atoms with Crippen LogP contribution in [0.15, 0.2) is 120 Å². The summed E-state index contributed by atoms with van der Waals surface area (Å²) in [5.41, 5.74) is 3.11. The number of nitrogens with one attached hydrogen (secondary N) is 1. The lowest BCUT2D eigenvalue weighted by Crippen LogP contribution is -2.54. The minimum absolute atomic E-state index is 0.0666. The molecule has 0 saturated heterocycles. The molecule has 8 heteroatoms. The first-order valence-corrected chi connectivity index (χ1v) is 16.6. The van der Waals surface area contributed by atoms with Crippen molar-refractivity contribution < 1.29 is 18.0 Å². The van der Waals surface area contributed by atoms with Gasteiger partial charge in [-0.3, -0.25) is 13.9 Å². The van der Waals surface area contributed by atoms with E-state index in [0.717, 1.165) is 46.7 Å². The standard InChI is InChI=1S/C36H39N3O4S/c1-28-21-23-32(24-22-28)39(44(42,43)33-19-9-4-10-20-33)27-35(40)38(26-30-15-7-3-8-16-30)34(25-29-13-5-2-6-14-29)36(41)37-31-17-11-12-18-31/h2-10,13-16,19-24,31,34H,11-12,17-18,25-27H2,1H3,(H,37,41)/t34-/m1/s1. The summed E-state index contributed by atoms with van der Waals surface area (Å²) < 4.78 is 29.2. The number of hydrogen-bond donors (Lipinski definition) is 1. The van der Waals surface area contributed by atoms with Crippen molar-refractivity contribution in [1.29, 1.82) is 0 Å². The maximum absolute atomic E-state index is 14.5. The zero-order chi connectivity index (χ0) is 30.9. The molecule has 0 heterocycles. The molecule has 4 aromatic rings. The van der Waals surface area contributed by atoms with Crippen LogP contribution < -0.4 is 9.62 Å². The monoisotopic (exact) mass is 609 g/mol. The third-order valence-electron chi connectivity index (χ3n) is 8.10. The number of amides is 2. The van der Waals surface area contributed by atoms with E-state index in [2.05, 4.69) is 5.32 Å². The Morgan fingerprint density at radius 3 is 1.91 bits per heavy atom. The first kappa shape index (κ1) is 31.0. The van der Waals surface area contributed by atoms with Crippen LogP contribution in [0.4, 0.5) is 5.69 Å². The molecule has 4 aromatic carbocycles. The van der Waals surface area contributed by atoms with Gasteiger partial charge in [0.25, 0.3) is 10.0 Å². The summed E-state index contributed by atoms with van der Waals surface area (Å²) in [6.45, 7) is 1.61. The van der Waals surface area contributed by atoms with E-state index in [1.807, 2.05) is 79.7 Å². The average molecular weight is 610 g/mol. The first-order chi connectivity index (χ1) is 21.3. The number of anilines is 1. The molecule has 0 spiro atoms. The normalized spacial score (nSPS) is 14.1. The molecule has 2 amide bonds. The highest BCUT2D eigenvalue weighted by Gasteiger charge is 2.35. The summed E-state index contributed by atoms with van der Waals surface area (Å²) in [5, 5.41) is 3.20. The molecule has 1 fully saturated rings. The highest BCUT2D eigenvalue weighted by atomic mass is 32.2. The van der Waals surface area contributed by atoms with Crippen molar-refractivity contribution in [2.24, 2.45) is 0 Å². The Morgan fingerprint density at radius 2 is 1.32 bits per heavy atom. The fourth-order valence-corrected chi connectivity index (χ4v) is 7.10. The van der Waals surface area contributed by atoms with Crippen LogP contribution in [0.3, 0.4) is 0 Å². The Kier molecular flexibility index (Phi) is 10.1. The minimum atomic E-state index is -4.11. The molecular formula is C36H39N3O4S. The van der Waals surface area contributed by atoms with E-state index in [9.17, 15) is 18.0 Å². The summed E-state index contributed by atoms with van der Waals surface area (Å²) >= 11 is 0. The molecule has 0 radical (unpaired) electrons. The van der Waals surface area contributed by atoms with Gasteiger partial charge in [-0.05, 0) is 55.2 Å². The molecule has 5 rings (SSSR count). The van der Waals surface area contributed by atoms with Gasteiger partial charge in [0.1, 0.15) is 12.6 Å². The molecule has 1 N–H and O–H groups in total. The lowest BCUT2D eigenvalue weighted by Gasteiger charge is -2.34. The van der Waals surface area contributed by atoms with Crippen molar-refractivity contribution in [3.63, 3.8) is 0 Å². The van der Waals surface area contributed by atoms with E-state index >= 15 is 0 Å². The molecule has 44 heavy (non-hydrogen) atoms. The van der Waals surface area contributed by atoms with E-state index in [0.29, 0.717) is 12.1 Å². The van der Waals surface area contributed by atoms with Crippen LogP contribution in [0, 0.1) is 6.92 Å². The SMILES string of the molecule is Cc1ccc(N(CC(=O)N(Cc2ccccc2)[C@H](Cc2ccccc2)C(=O)NC2CCCC2)S(=O)(=O)c2ccccc2)cc1. The highest BCUT2D eigenvalue weighted by Crippen LogP contribution is 2.26. The van der Waals surface area contributed by atoms with Crippen molar-refractivity contribution >= 4 is 27.5 Å². The van der Waals surface area contributed by atoms with Gasteiger partial charge in [-0.15, -0.1) is 0 Å². The van der Waals surface area contributed by atoms with Crippen LogP contribution in [-0.2, 0) is 32.6 Å². The molecule has 0 bridgehead atoms. The van der Waals surface area contributed by atoms with Crippen LogP contribution in [0.25, 0.3) is 0 Å². The van der Waals surface area contributed by atoms with Gasteiger partial charge in [0.05, 0.1) is 10.6 Å². The molecule has 0 unspecified atom stereocenters. The van der Waals surface area contributed by atoms with Gasteiger partial charge in [-0.1, -0.05) is 109 Å². The molecule has 1 saturated carbocycles. The van der Waals surface area contributed by atoms with Gasteiger partial charge < -0.3 is 10.2 Å². The zero-order valence-electron chi connectivity index (χ0n) is 25.0. The minimum Gasteiger partial charge on any atom is -0.352 e. The van der Waals surface area contributed by atoms with Crippen LogP contribution in [-0.4, -0.2) is 43.8 Å². The second-order valence-electron chi connectivity index (χ2n) is 11.4. The van der Waals surface area contributed by atoms with Gasteiger partial charge in [0.15, 0.2) is 0 Å². The van der Waals surface area contributed by atoms with E-state index in [1.54, 1.807) is 35.2 Å². The van der Waals surface area contributed by atoms with E-state index < -0.39 is 28.5 Å². The van der Waals surface area contributed by atoms with Gasteiger partial charge in [0.2, 0.25) is 11.8 Å². The third kappa shape index (κ3) is 7.74. The molecular weight excluding hydrogens is 570 g/mol. The largest absolute Gasteiger partial charge is 0.352 e. The van der Waals surface area contributed by atoms with Gasteiger partial charge in [0, 0.05) is 19.0 Å². The van der Waals surface area contributed by atoms with Crippen molar-refractivity contribution in [1.82, 2.24) is 10.2 Å². The van der Waals surface area contributed by atoms with E-state index in [1.165, 1.54) is 12.1 Å². The number of sulfonamides is 1. The van der Waals surface area contributed by atoms with Crippen molar-refractivity contribution in [2.75, 3.05) is 10.8 Å².